The molecule has 0 aliphatic heterocycles. The summed E-state index contributed by atoms with van der Waals surface area (Å²) in [6.07, 6.45) is 1.39. The Morgan fingerprint density at radius 1 is 0.958 bits per heavy atom. The number of ether oxygens (including phenoxy) is 1. The molecule has 0 heterocycles. The van der Waals surface area contributed by atoms with Crippen LogP contribution in [0.5, 0.6) is 0 Å². The smallest absolute Gasteiger partial charge is 0.325 e. The van der Waals surface area contributed by atoms with Crippen LogP contribution in [0.25, 0.3) is 0 Å². The Morgan fingerprint density at radius 3 is 2.12 bits per heavy atom. The van der Waals surface area contributed by atoms with Crippen molar-refractivity contribution in [1.82, 2.24) is 5.32 Å². The Morgan fingerprint density at radius 2 is 1.54 bits per heavy atom. The highest BCUT2D eigenvalue weighted by molar-refractivity contribution is 5.83. The molecule has 1 amide bonds. The van der Waals surface area contributed by atoms with E-state index in [1.165, 1.54) is 0 Å². The quantitative estimate of drug-likeness (QED) is 0.759. The van der Waals surface area contributed by atoms with Gasteiger partial charge < -0.3 is 10.1 Å². The van der Waals surface area contributed by atoms with E-state index in [1.54, 1.807) is 0 Å². The number of benzene rings is 2. The van der Waals surface area contributed by atoms with Gasteiger partial charge in [-0.3, -0.25) is 9.59 Å². The van der Waals surface area contributed by atoms with Gasteiger partial charge in [0.05, 0.1) is 0 Å². The van der Waals surface area contributed by atoms with Crippen molar-refractivity contribution in [2.75, 3.05) is 6.54 Å². The number of hydrogen-bond donors (Lipinski definition) is 1. The molecule has 1 unspecified atom stereocenters. The van der Waals surface area contributed by atoms with Gasteiger partial charge in [-0.1, -0.05) is 67.6 Å². The third kappa shape index (κ3) is 5.88. The van der Waals surface area contributed by atoms with E-state index in [0.29, 0.717) is 6.42 Å². The first kappa shape index (κ1) is 17.7. The summed E-state index contributed by atoms with van der Waals surface area (Å²) in [5.74, 6) is -0.686. The van der Waals surface area contributed by atoms with Gasteiger partial charge in [-0.2, -0.15) is 0 Å². The Kier molecular flexibility index (Phi) is 7.02. The molecule has 0 spiro atoms. The van der Waals surface area contributed by atoms with Gasteiger partial charge in [-0.25, -0.2) is 0 Å². The van der Waals surface area contributed by atoms with E-state index in [1.807, 2.05) is 67.6 Å². The predicted octanol–water partition coefficient (Wildman–Crippen LogP) is 3.11. The van der Waals surface area contributed by atoms with E-state index in [2.05, 4.69) is 5.32 Å². The lowest BCUT2D eigenvalue weighted by Gasteiger charge is -2.15. The molecule has 1 atom stereocenters. The zero-order valence-electron chi connectivity index (χ0n) is 13.9. The van der Waals surface area contributed by atoms with Gasteiger partial charge in [0, 0.05) is 5.92 Å². The molecule has 4 nitrogen and oxygen atoms in total. The Balaban J connectivity index is 1.75. The number of carbonyl (C=O) groups excluding carboxylic acids is 2. The van der Waals surface area contributed by atoms with Crippen molar-refractivity contribution in [3.63, 3.8) is 0 Å². The normalized spacial score (nSPS) is 11.5. The monoisotopic (exact) mass is 325 g/mol. The van der Waals surface area contributed by atoms with Crippen molar-refractivity contribution in [3.8, 4) is 0 Å². The summed E-state index contributed by atoms with van der Waals surface area (Å²) in [5.41, 5.74) is 2.04. The molecule has 2 aromatic rings. The molecule has 0 aliphatic carbocycles. The second-order valence-corrected chi connectivity index (χ2v) is 5.66. The van der Waals surface area contributed by atoms with Gasteiger partial charge in [0.1, 0.15) is 13.2 Å². The molecule has 2 rings (SSSR count). The summed E-state index contributed by atoms with van der Waals surface area (Å²) >= 11 is 0. The second kappa shape index (κ2) is 9.50. The zero-order valence-corrected chi connectivity index (χ0v) is 13.9. The number of carbonyl (C=O) groups is 2. The number of rotatable bonds is 8. The van der Waals surface area contributed by atoms with Crippen LogP contribution in [0.15, 0.2) is 60.7 Å². The standard InChI is InChI=1S/C20H23NO3/c1-2-18(13-16-9-5-3-6-10-16)20(23)21-14-19(22)24-15-17-11-7-4-8-12-17/h3-12,18H,2,13-15H2,1H3,(H,21,23). The van der Waals surface area contributed by atoms with Crippen LogP contribution in [0.3, 0.4) is 0 Å². The van der Waals surface area contributed by atoms with E-state index in [0.717, 1.165) is 17.5 Å². The van der Waals surface area contributed by atoms with Gasteiger partial charge in [0.25, 0.3) is 0 Å². The van der Waals surface area contributed by atoms with Gasteiger partial charge in [0.15, 0.2) is 0 Å². The van der Waals surface area contributed by atoms with Crippen molar-refractivity contribution in [3.05, 3.63) is 71.8 Å². The molecule has 0 saturated carbocycles. The molecule has 0 aliphatic rings. The molecular formula is C20H23NO3. The summed E-state index contributed by atoms with van der Waals surface area (Å²) in [6, 6.07) is 19.3. The molecule has 0 saturated heterocycles. The maximum Gasteiger partial charge on any atom is 0.325 e. The van der Waals surface area contributed by atoms with E-state index in [4.69, 9.17) is 4.74 Å². The zero-order chi connectivity index (χ0) is 17.2. The maximum atomic E-state index is 12.2. The fourth-order valence-corrected chi connectivity index (χ4v) is 2.41. The SMILES string of the molecule is CCC(Cc1ccccc1)C(=O)NCC(=O)OCc1ccccc1. The first-order valence-corrected chi connectivity index (χ1v) is 8.20. The van der Waals surface area contributed by atoms with Crippen molar-refractivity contribution in [2.24, 2.45) is 5.92 Å². The highest BCUT2D eigenvalue weighted by Gasteiger charge is 2.17. The van der Waals surface area contributed by atoms with Crippen LogP contribution in [0.2, 0.25) is 0 Å². The van der Waals surface area contributed by atoms with Gasteiger partial charge in [-0.05, 0) is 24.0 Å². The van der Waals surface area contributed by atoms with Crippen molar-refractivity contribution < 1.29 is 14.3 Å². The topological polar surface area (TPSA) is 55.4 Å². The lowest BCUT2D eigenvalue weighted by atomic mass is 9.96. The lowest BCUT2D eigenvalue weighted by molar-refractivity contribution is -0.145. The van der Waals surface area contributed by atoms with Crippen LogP contribution in [-0.4, -0.2) is 18.4 Å². The third-order valence-corrected chi connectivity index (χ3v) is 3.84. The molecule has 0 fully saturated rings. The molecular weight excluding hydrogens is 302 g/mol. The van der Waals surface area contributed by atoms with Crippen LogP contribution in [0.4, 0.5) is 0 Å². The van der Waals surface area contributed by atoms with E-state index < -0.39 is 5.97 Å². The minimum atomic E-state index is -0.429. The van der Waals surface area contributed by atoms with Crippen molar-refractivity contribution in [2.45, 2.75) is 26.4 Å². The summed E-state index contributed by atoms with van der Waals surface area (Å²) < 4.78 is 5.16. The van der Waals surface area contributed by atoms with Crippen LogP contribution in [0.1, 0.15) is 24.5 Å². The van der Waals surface area contributed by atoms with Gasteiger partial charge >= 0.3 is 5.97 Å². The highest BCUT2D eigenvalue weighted by Crippen LogP contribution is 2.12. The van der Waals surface area contributed by atoms with E-state index in [9.17, 15) is 9.59 Å². The van der Waals surface area contributed by atoms with Crippen LogP contribution in [0, 0.1) is 5.92 Å². The Labute approximate surface area is 142 Å². The largest absolute Gasteiger partial charge is 0.460 e. The molecule has 126 valence electrons. The number of amides is 1. The molecule has 0 radical (unpaired) electrons. The number of esters is 1. The summed E-state index contributed by atoms with van der Waals surface area (Å²) in [5, 5.41) is 2.68. The Bertz CT molecular complexity index is 640. The minimum Gasteiger partial charge on any atom is -0.460 e. The lowest BCUT2D eigenvalue weighted by Crippen LogP contribution is -2.36. The third-order valence-electron chi connectivity index (χ3n) is 3.84. The molecule has 24 heavy (non-hydrogen) atoms. The van der Waals surface area contributed by atoms with E-state index >= 15 is 0 Å². The highest BCUT2D eigenvalue weighted by atomic mass is 16.5. The first-order valence-electron chi connectivity index (χ1n) is 8.20. The molecule has 0 aromatic heterocycles. The fourth-order valence-electron chi connectivity index (χ4n) is 2.41. The average Bonchev–Trinajstić information content (AvgIpc) is 2.64. The molecule has 4 heteroatoms. The average molecular weight is 325 g/mol. The van der Waals surface area contributed by atoms with Crippen LogP contribution >= 0.6 is 0 Å². The van der Waals surface area contributed by atoms with Gasteiger partial charge in [-0.15, -0.1) is 0 Å². The second-order valence-electron chi connectivity index (χ2n) is 5.66. The maximum absolute atomic E-state index is 12.2. The Hall–Kier alpha value is -2.62. The van der Waals surface area contributed by atoms with Crippen molar-refractivity contribution in [1.29, 1.82) is 0 Å². The summed E-state index contributed by atoms with van der Waals surface area (Å²) in [6.45, 7) is 2.09. The number of hydrogen-bond acceptors (Lipinski definition) is 3. The van der Waals surface area contributed by atoms with E-state index in [-0.39, 0.29) is 25.0 Å². The summed E-state index contributed by atoms with van der Waals surface area (Å²) in [4.78, 5) is 24.0. The molecule has 0 bridgehead atoms. The summed E-state index contributed by atoms with van der Waals surface area (Å²) in [7, 11) is 0. The predicted molar refractivity (Wildman–Crippen MR) is 93.2 cm³/mol. The minimum absolute atomic E-state index is 0.100. The van der Waals surface area contributed by atoms with Gasteiger partial charge in [0.2, 0.25) is 5.91 Å². The molecule has 1 N–H and O–H groups in total. The van der Waals surface area contributed by atoms with Crippen LogP contribution in [-0.2, 0) is 27.4 Å². The first-order chi connectivity index (χ1) is 11.7. The van der Waals surface area contributed by atoms with Crippen LogP contribution < -0.4 is 5.32 Å². The van der Waals surface area contributed by atoms with Crippen molar-refractivity contribution >= 4 is 11.9 Å². The number of nitrogens with one attached hydrogen (secondary N) is 1. The fraction of sp³-hybridized carbons (Fsp3) is 0.300. The molecule has 2 aromatic carbocycles.